The third-order valence-corrected chi connectivity index (χ3v) is 3.44. The maximum Gasteiger partial charge on any atom is 0.141 e. The first kappa shape index (κ1) is 14.3. The molecule has 1 aromatic carbocycles. The van der Waals surface area contributed by atoms with E-state index in [0.717, 1.165) is 23.4 Å². The first-order valence-electron chi connectivity index (χ1n) is 7.14. The van der Waals surface area contributed by atoms with Gasteiger partial charge in [0.05, 0.1) is 18.8 Å². The van der Waals surface area contributed by atoms with E-state index >= 15 is 0 Å². The van der Waals surface area contributed by atoms with Gasteiger partial charge >= 0.3 is 0 Å². The lowest BCUT2D eigenvalue weighted by Crippen LogP contribution is -2.08. The van der Waals surface area contributed by atoms with E-state index in [2.05, 4.69) is 27.5 Å². The molecule has 0 saturated carbocycles. The summed E-state index contributed by atoms with van der Waals surface area (Å²) in [5.41, 5.74) is 2.96. The average Bonchev–Trinajstić information content (AvgIpc) is 3.00. The van der Waals surface area contributed by atoms with Crippen molar-refractivity contribution in [3.63, 3.8) is 0 Å². The molecule has 0 amide bonds. The van der Waals surface area contributed by atoms with E-state index in [9.17, 15) is 4.39 Å². The van der Waals surface area contributed by atoms with Crippen molar-refractivity contribution in [2.45, 2.75) is 19.5 Å². The Hall–Kier alpha value is -2.69. The molecule has 1 N–H and O–H groups in total. The van der Waals surface area contributed by atoms with Crippen LogP contribution in [-0.2, 0) is 6.54 Å². The molecule has 0 radical (unpaired) electrons. The molecular weight excluding hydrogens is 279 g/mol. The molecule has 4 nitrogen and oxygen atoms in total. The zero-order valence-electron chi connectivity index (χ0n) is 12.3. The van der Waals surface area contributed by atoms with Gasteiger partial charge in [0, 0.05) is 24.3 Å². The Labute approximate surface area is 128 Å². The highest BCUT2D eigenvalue weighted by Gasteiger charge is 2.07. The van der Waals surface area contributed by atoms with Crippen LogP contribution >= 0.6 is 0 Å². The highest BCUT2D eigenvalue weighted by molar-refractivity contribution is 5.47. The van der Waals surface area contributed by atoms with Crippen LogP contribution in [0.1, 0.15) is 24.1 Å². The van der Waals surface area contributed by atoms with Gasteiger partial charge in [-0.05, 0) is 42.3 Å². The number of nitrogens with one attached hydrogen (secondary N) is 1. The molecule has 5 heteroatoms. The Bertz CT molecular complexity index is 740. The molecule has 2 heterocycles. The molecule has 3 rings (SSSR count). The molecule has 0 bridgehead atoms. The first-order valence-corrected chi connectivity index (χ1v) is 7.14. The second-order valence-corrected chi connectivity index (χ2v) is 5.21. The van der Waals surface area contributed by atoms with Gasteiger partial charge in [0.15, 0.2) is 0 Å². The predicted octanol–water partition coefficient (Wildman–Crippen LogP) is 3.64. The zero-order chi connectivity index (χ0) is 15.4. The van der Waals surface area contributed by atoms with Gasteiger partial charge in [0.25, 0.3) is 0 Å². The highest BCUT2D eigenvalue weighted by Crippen LogP contribution is 2.20. The maximum absolute atomic E-state index is 13.2. The van der Waals surface area contributed by atoms with E-state index < -0.39 is 0 Å². The Morgan fingerprint density at radius 2 is 2.14 bits per heavy atom. The third kappa shape index (κ3) is 3.49. The minimum atomic E-state index is -0.321. The smallest absolute Gasteiger partial charge is 0.141 e. The van der Waals surface area contributed by atoms with Gasteiger partial charge < -0.3 is 5.32 Å². The van der Waals surface area contributed by atoms with Crippen LogP contribution in [0.15, 0.2) is 61.2 Å². The lowest BCUT2D eigenvalue weighted by Gasteiger charge is -2.16. The summed E-state index contributed by atoms with van der Waals surface area (Å²) >= 11 is 0. The van der Waals surface area contributed by atoms with Gasteiger partial charge in [-0.1, -0.05) is 12.1 Å². The van der Waals surface area contributed by atoms with Crippen molar-refractivity contribution < 1.29 is 4.39 Å². The van der Waals surface area contributed by atoms with E-state index in [1.54, 1.807) is 12.4 Å². The second kappa shape index (κ2) is 6.39. The molecule has 0 aliphatic carbocycles. The largest absolute Gasteiger partial charge is 0.378 e. The lowest BCUT2D eigenvalue weighted by atomic mass is 10.1. The number of pyridine rings is 1. The fourth-order valence-electron chi connectivity index (χ4n) is 2.34. The van der Waals surface area contributed by atoms with Crippen molar-refractivity contribution in [1.82, 2.24) is 14.8 Å². The molecule has 0 aliphatic rings. The quantitative estimate of drug-likeness (QED) is 0.781. The Morgan fingerprint density at radius 1 is 1.23 bits per heavy atom. The first-order chi connectivity index (χ1) is 10.7. The second-order valence-electron chi connectivity index (χ2n) is 5.21. The topological polar surface area (TPSA) is 42.7 Å². The zero-order valence-corrected chi connectivity index (χ0v) is 12.3. The molecule has 0 aliphatic heterocycles. The summed E-state index contributed by atoms with van der Waals surface area (Å²) in [5, 5.41) is 7.57. The Morgan fingerprint density at radius 3 is 2.91 bits per heavy atom. The normalized spacial score (nSPS) is 12.1. The summed E-state index contributed by atoms with van der Waals surface area (Å²) in [6, 6.07) is 11.5. The summed E-state index contributed by atoms with van der Waals surface area (Å²) in [7, 11) is 0. The summed E-state index contributed by atoms with van der Waals surface area (Å²) in [4.78, 5) is 3.89. The van der Waals surface area contributed by atoms with Gasteiger partial charge in [-0.2, -0.15) is 5.10 Å². The van der Waals surface area contributed by atoms with Crippen molar-refractivity contribution in [2.75, 3.05) is 5.32 Å². The van der Waals surface area contributed by atoms with Crippen LogP contribution < -0.4 is 5.32 Å². The molecule has 2 aromatic heterocycles. The molecule has 0 fully saturated rings. The van der Waals surface area contributed by atoms with Crippen LogP contribution in [-0.4, -0.2) is 14.8 Å². The molecule has 3 aromatic rings. The van der Waals surface area contributed by atoms with Gasteiger partial charge in [-0.15, -0.1) is 0 Å². The number of hydrogen-bond acceptors (Lipinski definition) is 3. The van der Waals surface area contributed by atoms with Crippen molar-refractivity contribution >= 4 is 5.69 Å². The van der Waals surface area contributed by atoms with Crippen LogP contribution in [0.3, 0.4) is 0 Å². The predicted molar refractivity (Wildman–Crippen MR) is 84.0 cm³/mol. The summed E-state index contributed by atoms with van der Waals surface area (Å²) < 4.78 is 15.1. The molecule has 1 unspecified atom stereocenters. The minimum Gasteiger partial charge on any atom is -0.378 e. The fraction of sp³-hybridized carbons (Fsp3) is 0.176. The summed E-state index contributed by atoms with van der Waals surface area (Å²) in [5.74, 6) is -0.321. The van der Waals surface area contributed by atoms with Gasteiger partial charge in [0.1, 0.15) is 5.82 Å². The van der Waals surface area contributed by atoms with Gasteiger partial charge in [-0.25, -0.2) is 4.39 Å². The Kier molecular flexibility index (Phi) is 4.14. The standard InChI is InChI=1S/C17H17FN4/c1-13(15-9-16(18)11-19-10-15)21-17-5-2-4-14(8-17)12-22-7-3-6-20-22/h2-11,13,21H,12H2,1H3. The van der Waals surface area contributed by atoms with Gasteiger partial charge in [0.2, 0.25) is 0 Å². The number of benzene rings is 1. The molecule has 0 spiro atoms. The number of rotatable bonds is 5. The number of halogens is 1. The van der Waals surface area contributed by atoms with E-state index in [1.165, 1.54) is 12.3 Å². The molecule has 22 heavy (non-hydrogen) atoms. The van der Waals surface area contributed by atoms with Crippen LogP contribution in [0, 0.1) is 5.82 Å². The minimum absolute atomic E-state index is 0.0249. The van der Waals surface area contributed by atoms with Crippen LogP contribution in [0.2, 0.25) is 0 Å². The molecule has 112 valence electrons. The van der Waals surface area contributed by atoms with Crippen molar-refractivity contribution in [1.29, 1.82) is 0 Å². The van der Waals surface area contributed by atoms with E-state index in [0.29, 0.717) is 0 Å². The van der Waals surface area contributed by atoms with Crippen LogP contribution in [0.25, 0.3) is 0 Å². The summed E-state index contributed by atoms with van der Waals surface area (Å²) in [6.45, 7) is 2.70. The maximum atomic E-state index is 13.2. The summed E-state index contributed by atoms with van der Waals surface area (Å²) in [6.07, 6.45) is 6.58. The number of hydrogen-bond donors (Lipinski definition) is 1. The van der Waals surface area contributed by atoms with Gasteiger partial charge in [-0.3, -0.25) is 9.67 Å². The average molecular weight is 296 g/mol. The molecule has 0 saturated heterocycles. The SMILES string of the molecule is CC(Nc1cccc(Cn2cccn2)c1)c1cncc(F)c1. The Balaban J connectivity index is 1.72. The van der Waals surface area contributed by atoms with Crippen molar-refractivity contribution in [3.05, 3.63) is 78.1 Å². The van der Waals surface area contributed by atoms with Crippen LogP contribution in [0.5, 0.6) is 0 Å². The van der Waals surface area contributed by atoms with Crippen molar-refractivity contribution in [3.8, 4) is 0 Å². The molecular formula is C17H17FN4. The molecule has 1 atom stereocenters. The van der Waals surface area contributed by atoms with E-state index in [1.807, 2.05) is 36.0 Å². The number of anilines is 1. The fourth-order valence-corrected chi connectivity index (χ4v) is 2.34. The number of aromatic nitrogens is 3. The lowest BCUT2D eigenvalue weighted by molar-refractivity contribution is 0.616. The van der Waals surface area contributed by atoms with E-state index in [-0.39, 0.29) is 11.9 Å². The van der Waals surface area contributed by atoms with Crippen LogP contribution in [0.4, 0.5) is 10.1 Å². The third-order valence-electron chi connectivity index (χ3n) is 3.44. The number of nitrogens with zero attached hydrogens (tertiary/aromatic N) is 3. The van der Waals surface area contributed by atoms with Crippen molar-refractivity contribution in [2.24, 2.45) is 0 Å². The highest BCUT2D eigenvalue weighted by atomic mass is 19.1. The monoisotopic (exact) mass is 296 g/mol. The van der Waals surface area contributed by atoms with E-state index in [4.69, 9.17) is 0 Å².